The molecule has 4 nitrogen and oxygen atoms in total. The second kappa shape index (κ2) is 9.62. The van der Waals surface area contributed by atoms with Crippen LogP contribution in [0.3, 0.4) is 0 Å². The van der Waals surface area contributed by atoms with Gasteiger partial charge in [-0.05, 0) is 50.3 Å². The van der Waals surface area contributed by atoms with Gasteiger partial charge in [-0.1, -0.05) is 18.6 Å². The normalized spacial score (nSPS) is 27.0. The van der Waals surface area contributed by atoms with E-state index in [0.717, 1.165) is 32.1 Å². The van der Waals surface area contributed by atoms with E-state index in [1.807, 2.05) is 0 Å². The molecule has 1 aliphatic carbocycles. The number of benzene rings is 1. The summed E-state index contributed by atoms with van der Waals surface area (Å²) in [5, 5.41) is 7.40. The van der Waals surface area contributed by atoms with Gasteiger partial charge < -0.3 is 20.1 Å². The predicted octanol–water partition coefficient (Wildman–Crippen LogP) is 3.14. The Morgan fingerprint density at radius 1 is 1.25 bits per heavy atom. The average Bonchev–Trinajstić information content (AvgIpc) is 3.03. The lowest BCUT2D eigenvalue weighted by atomic mass is 9.94. The van der Waals surface area contributed by atoms with Gasteiger partial charge in [-0.25, -0.2) is 0 Å². The summed E-state index contributed by atoms with van der Waals surface area (Å²) in [4.78, 5) is 0. The Kier molecular flexibility index (Phi) is 7.82. The first kappa shape index (κ1) is 19.5. The van der Waals surface area contributed by atoms with Crippen molar-refractivity contribution in [2.24, 2.45) is 5.92 Å². The van der Waals surface area contributed by atoms with Crippen molar-refractivity contribution < 1.29 is 9.47 Å². The Labute approximate surface area is 152 Å². The van der Waals surface area contributed by atoms with E-state index in [9.17, 15) is 0 Å². The van der Waals surface area contributed by atoms with Crippen LogP contribution in [0.2, 0.25) is 0 Å². The molecule has 2 aliphatic rings. The van der Waals surface area contributed by atoms with Crippen molar-refractivity contribution in [2.75, 3.05) is 19.8 Å². The fourth-order valence-electron chi connectivity index (χ4n) is 3.79. The van der Waals surface area contributed by atoms with Crippen molar-refractivity contribution in [2.45, 2.75) is 57.8 Å². The molecule has 5 heteroatoms. The highest BCUT2D eigenvalue weighted by Crippen LogP contribution is 2.29. The van der Waals surface area contributed by atoms with Gasteiger partial charge in [0.05, 0.1) is 19.3 Å². The van der Waals surface area contributed by atoms with E-state index in [2.05, 4.69) is 48.7 Å². The van der Waals surface area contributed by atoms with Gasteiger partial charge in [-0.2, -0.15) is 0 Å². The predicted molar refractivity (Wildman–Crippen MR) is 100 cm³/mol. The van der Waals surface area contributed by atoms with Crippen LogP contribution >= 0.6 is 12.4 Å². The molecule has 1 heterocycles. The molecule has 1 saturated heterocycles. The Morgan fingerprint density at radius 3 is 2.71 bits per heavy atom. The SMILES string of the molecule is CC(C)Oc1ccc(CNC2CCCC2C2COCCN2)cc1.Cl. The van der Waals surface area contributed by atoms with Gasteiger partial charge in [0.15, 0.2) is 0 Å². The first-order chi connectivity index (χ1) is 11.2. The lowest BCUT2D eigenvalue weighted by molar-refractivity contribution is 0.0524. The van der Waals surface area contributed by atoms with E-state index in [-0.39, 0.29) is 18.5 Å². The minimum atomic E-state index is 0. The topological polar surface area (TPSA) is 42.5 Å². The number of hydrogen-bond donors (Lipinski definition) is 2. The first-order valence-electron chi connectivity index (χ1n) is 9.02. The Morgan fingerprint density at radius 2 is 2.04 bits per heavy atom. The maximum Gasteiger partial charge on any atom is 0.119 e. The van der Waals surface area contributed by atoms with Crippen LogP contribution in [-0.4, -0.2) is 37.9 Å². The molecule has 3 unspecified atom stereocenters. The molecule has 0 aromatic heterocycles. The molecule has 0 radical (unpaired) electrons. The van der Waals surface area contributed by atoms with Crippen LogP contribution in [0.4, 0.5) is 0 Å². The maximum atomic E-state index is 5.70. The smallest absolute Gasteiger partial charge is 0.119 e. The second-order valence-corrected chi connectivity index (χ2v) is 7.03. The molecule has 0 bridgehead atoms. The highest BCUT2D eigenvalue weighted by Gasteiger charge is 2.34. The monoisotopic (exact) mass is 354 g/mol. The van der Waals surface area contributed by atoms with Crippen LogP contribution in [0.15, 0.2) is 24.3 Å². The summed E-state index contributed by atoms with van der Waals surface area (Å²) in [6.45, 7) is 7.75. The summed E-state index contributed by atoms with van der Waals surface area (Å²) >= 11 is 0. The van der Waals surface area contributed by atoms with Gasteiger partial charge in [0.1, 0.15) is 5.75 Å². The quantitative estimate of drug-likeness (QED) is 0.823. The standard InChI is InChI=1S/C19H30N2O2.ClH/c1-14(2)23-16-8-6-15(7-9-16)12-21-18-5-3-4-17(18)19-13-22-11-10-20-19;/h6-9,14,17-21H,3-5,10-13H2,1-2H3;1H. The third kappa shape index (κ3) is 5.35. The number of hydrogen-bond acceptors (Lipinski definition) is 4. The van der Waals surface area contributed by atoms with Gasteiger partial charge >= 0.3 is 0 Å². The van der Waals surface area contributed by atoms with Crippen molar-refractivity contribution in [3.8, 4) is 5.75 Å². The summed E-state index contributed by atoms with van der Waals surface area (Å²) in [5.74, 6) is 1.64. The molecule has 1 aromatic rings. The summed E-state index contributed by atoms with van der Waals surface area (Å²) in [6, 6.07) is 9.58. The van der Waals surface area contributed by atoms with Crippen molar-refractivity contribution >= 4 is 12.4 Å². The molecule has 2 N–H and O–H groups in total. The summed E-state index contributed by atoms with van der Waals surface area (Å²) in [5.41, 5.74) is 1.32. The zero-order chi connectivity index (χ0) is 16.1. The van der Waals surface area contributed by atoms with Crippen LogP contribution in [0.25, 0.3) is 0 Å². The van der Waals surface area contributed by atoms with Crippen molar-refractivity contribution in [1.82, 2.24) is 10.6 Å². The van der Waals surface area contributed by atoms with E-state index in [0.29, 0.717) is 18.0 Å². The van der Waals surface area contributed by atoms with Gasteiger partial charge in [0.2, 0.25) is 0 Å². The largest absolute Gasteiger partial charge is 0.491 e. The van der Waals surface area contributed by atoms with E-state index in [1.165, 1.54) is 24.8 Å². The maximum absolute atomic E-state index is 5.70. The minimum Gasteiger partial charge on any atom is -0.491 e. The van der Waals surface area contributed by atoms with Gasteiger partial charge in [-0.3, -0.25) is 0 Å². The molecule has 136 valence electrons. The van der Waals surface area contributed by atoms with Crippen LogP contribution in [0.1, 0.15) is 38.7 Å². The van der Waals surface area contributed by atoms with Crippen molar-refractivity contribution in [1.29, 1.82) is 0 Å². The third-order valence-electron chi connectivity index (χ3n) is 4.90. The molecule has 3 atom stereocenters. The summed E-state index contributed by atoms with van der Waals surface area (Å²) in [7, 11) is 0. The van der Waals surface area contributed by atoms with Crippen LogP contribution in [0, 0.1) is 5.92 Å². The highest BCUT2D eigenvalue weighted by molar-refractivity contribution is 5.85. The minimum absolute atomic E-state index is 0. The molecule has 24 heavy (non-hydrogen) atoms. The Hall–Kier alpha value is -0.810. The average molecular weight is 355 g/mol. The number of morpholine rings is 1. The molecule has 0 amide bonds. The fraction of sp³-hybridized carbons (Fsp3) is 0.684. The lowest BCUT2D eigenvalue weighted by Crippen LogP contribution is -2.50. The molecule has 1 aliphatic heterocycles. The number of ether oxygens (including phenoxy) is 2. The Bertz CT molecular complexity index is 475. The van der Waals surface area contributed by atoms with Gasteiger partial charge in [0, 0.05) is 25.2 Å². The van der Waals surface area contributed by atoms with E-state index in [4.69, 9.17) is 9.47 Å². The molecule has 2 fully saturated rings. The summed E-state index contributed by atoms with van der Waals surface area (Å²) in [6.07, 6.45) is 4.13. The Balaban J connectivity index is 0.00000208. The molecular weight excluding hydrogens is 324 g/mol. The van der Waals surface area contributed by atoms with Gasteiger partial charge in [0.25, 0.3) is 0 Å². The molecular formula is C19H31ClN2O2. The second-order valence-electron chi connectivity index (χ2n) is 7.03. The van der Waals surface area contributed by atoms with Crippen LogP contribution in [-0.2, 0) is 11.3 Å². The zero-order valence-corrected chi connectivity index (χ0v) is 15.6. The molecule has 3 rings (SSSR count). The first-order valence-corrected chi connectivity index (χ1v) is 9.02. The third-order valence-corrected chi connectivity index (χ3v) is 4.90. The highest BCUT2D eigenvalue weighted by atomic mass is 35.5. The van der Waals surface area contributed by atoms with Crippen molar-refractivity contribution in [3.05, 3.63) is 29.8 Å². The number of halogens is 1. The van der Waals surface area contributed by atoms with Crippen LogP contribution in [0.5, 0.6) is 5.75 Å². The van der Waals surface area contributed by atoms with E-state index < -0.39 is 0 Å². The number of rotatable bonds is 6. The number of nitrogens with one attached hydrogen (secondary N) is 2. The van der Waals surface area contributed by atoms with E-state index >= 15 is 0 Å². The van der Waals surface area contributed by atoms with Crippen molar-refractivity contribution in [3.63, 3.8) is 0 Å². The van der Waals surface area contributed by atoms with Gasteiger partial charge in [-0.15, -0.1) is 12.4 Å². The van der Waals surface area contributed by atoms with E-state index in [1.54, 1.807) is 0 Å². The zero-order valence-electron chi connectivity index (χ0n) is 14.8. The summed E-state index contributed by atoms with van der Waals surface area (Å²) < 4.78 is 11.3. The molecule has 1 aromatic carbocycles. The van der Waals surface area contributed by atoms with Crippen LogP contribution < -0.4 is 15.4 Å². The fourth-order valence-corrected chi connectivity index (χ4v) is 3.79. The molecule has 0 spiro atoms. The lowest BCUT2D eigenvalue weighted by Gasteiger charge is -2.33. The molecule has 1 saturated carbocycles.